The molecule has 1 heterocycles. The second kappa shape index (κ2) is 12.7. The number of amides is 3. The monoisotopic (exact) mass is 613 g/mol. The van der Waals surface area contributed by atoms with Crippen LogP contribution in [-0.2, 0) is 20.7 Å². The summed E-state index contributed by atoms with van der Waals surface area (Å²) in [7, 11) is 0. The number of nitrogens with one attached hydrogen (secondary N) is 5. The first-order chi connectivity index (χ1) is 18.9. The summed E-state index contributed by atoms with van der Waals surface area (Å²) in [4.78, 5) is 55.6. The highest BCUT2D eigenvalue weighted by Gasteiger charge is 2.30. The van der Waals surface area contributed by atoms with E-state index in [1.54, 1.807) is 18.2 Å². The van der Waals surface area contributed by atoms with E-state index >= 15 is 0 Å². The summed E-state index contributed by atoms with van der Waals surface area (Å²) in [5.74, 6) is -0.433. The molecule has 4 rings (SSSR count). The van der Waals surface area contributed by atoms with Crippen LogP contribution in [0.25, 0.3) is 11.0 Å². The highest BCUT2D eigenvalue weighted by molar-refractivity contribution is 9.10. The van der Waals surface area contributed by atoms with Gasteiger partial charge in [-0.3, -0.25) is 9.59 Å². The predicted molar refractivity (Wildman–Crippen MR) is 157 cm³/mol. The number of carbonyl (C=O) groups excluding carboxylic acids is 3. The van der Waals surface area contributed by atoms with E-state index in [1.807, 2.05) is 45.0 Å². The number of ether oxygens (including phenoxy) is 1. The van der Waals surface area contributed by atoms with Gasteiger partial charge in [-0.25, -0.2) is 9.59 Å². The Bertz CT molecular complexity index is 1400. The van der Waals surface area contributed by atoms with E-state index in [-0.39, 0.29) is 29.3 Å². The minimum Gasteiger partial charge on any atom is -0.444 e. The van der Waals surface area contributed by atoms with Gasteiger partial charge in [0.15, 0.2) is 0 Å². The summed E-state index contributed by atoms with van der Waals surface area (Å²) >= 11 is 3.43. The Morgan fingerprint density at radius 2 is 1.68 bits per heavy atom. The first-order valence-electron chi connectivity index (χ1n) is 13.5. The average Bonchev–Trinajstić information content (AvgIpc) is 3.27. The van der Waals surface area contributed by atoms with Gasteiger partial charge in [-0.05, 0) is 88.3 Å². The van der Waals surface area contributed by atoms with E-state index in [9.17, 15) is 19.2 Å². The Balaban J connectivity index is 1.36. The van der Waals surface area contributed by atoms with Crippen molar-refractivity contribution in [3.05, 3.63) is 63.0 Å². The van der Waals surface area contributed by atoms with Crippen LogP contribution in [0.4, 0.5) is 10.5 Å². The van der Waals surface area contributed by atoms with Crippen LogP contribution in [0.3, 0.4) is 0 Å². The molecule has 0 unspecified atom stereocenters. The van der Waals surface area contributed by atoms with Crippen LogP contribution in [0.5, 0.6) is 0 Å². The van der Waals surface area contributed by atoms with Crippen molar-refractivity contribution in [3.63, 3.8) is 0 Å². The van der Waals surface area contributed by atoms with Crippen molar-refractivity contribution in [1.82, 2.24) is 20.6 Å². The molecule has 0 bridgehead atoms. The third kappa shape index (κ3) is 8.45. The predicted octanol–water partition coefficient (Wildman–Crippen LogP) is 4.62. The molecule has 0 spiro atoms. The van der Waals surface area contributed by atoms with Crippen molar-refractivity contribution < 1.29 is 19.1 Å². The van der Waals surface area contributed by atoms with Crippen LogP contribution in [0.1, 0.15) is 52.0 Å². The lowest BCUT2D eigenvalue weighted by molar-refractivity contribution is -0.130. The fourth-order valence-corrected chi connectivity index (χ4v) is 5.13. The Morgan fingerprint density at radius 1 is 1.00 bits per heavy atom. The average molecular weight is 615 g/mol. The van der Waals surface area contributed by atoms with Gasteiger partial charge in [0.1, 0.15) is 11.6 Å². The number of alkyl carbamates (subject to hydrolysis) is 1. The summed E-state index contributed by atoms with van der Waals surface area (Å²) in [6, 6.07) is 11.9. The maximum atomic E-state index is 13.4. The van der Waals surface area contributed by atoms with Gasteiger partial charge in [0.2, 0.25) is 11.8 Å². The van der Waals surface area contributed by atoms with Gasteiger partial charge in [0.25, 0.3) is 0 Å². The third-order valence-corrected chi connectivity index (χ3v) is 7.45. The van der Waals surface area contributed by atoms with E-state index in [2.05, 4.69) is 41.8 Å². The Labute approximate surface area is 241 Å². The van der Waals surface area contributed by atoms with Crippen molar-refractivity contribution in [1.29, 1.82) is 0 Å². The number of carbonyl (C=O) groups is 3. The second-order valence-electron chi connectivity index (χ2n) is 11.3. The zero-order chi connectivity index (χ0) is 28.9. The molecule has 1 fully saturated rings. The number of H-pyrrole nitrogens is 2. The van der Waals surface area contributed by atoms with E-state index in [0.29, 0.717) is 42.5 Å². The maximum Gasteiger partial charge on any atom is 0.407 e. The summed E-state index contributed by atoms with van der Waals surface area (Å²) in [6.45, 7) is 5.98. The van der Waals surface area contributed by atoms with Crippen LogP contribution in [-0.4, -0.2) is 46.1 Å². The normalized spacial score (nSPS) is 18.1. The van der Waals surface area contributed by atoms with Gasteiger partial charge < -0.3 is 30.7 Å². The highest BCUT2D eigenvalue weighted by Crippen LogP contribution is 2.29. The molecule has 2 aromatic carbocycles. The fourth-order valence-electron chi connectivity index (χ4n) is 4.87. The molecular formula is C29H36BrN5O5. The Morgan fingerprint density at radius 3 is 2.35 bits per heavy atom. The lowest BCUT2D eigenvalue weighted by Crippen LogP contribution is -2.48. The van der Waals surface area contributed by atoms with Gasteiger partial charge in [-0.1, -0.05) is 28.1 Å². The van der Waals surface area contributed by atoms with Gasteiger partial charge >= 0.3 is 11.8 Å². The number of aromatic amines is 2. The first kappa shape index (κ1) is 29.4. The Hall–Kier alpha value is -3.60. The van der Waals surface area contributed by atoms with Crippen LogP contribution in [0, 0.1) is 11.8 Å². The van der Waals surface area contributed by atoms with Crippen LogP contribution >= 0.6 is 15.9 Å². The van der Waals surface area contributed by atoms with E-state index in [0.717, 1.165) is 22.9 Å². The molecule has 1 aliphatic carbocycles. The largest absolute Gasteiger partial charge is 0.444 e. The third-order valence-electron chi connectivity index (χ3n) is 6.92. The standard InChI is InChI=1S/C29H36BrN5O5/c1-29(2,3)40-28(39)31-16-18-4-8-19(9-5-18)25(36)33-24(14-17-6-10-20(30)11-7-17)26(37)32-21-12-13-22-23(15-21)35-27(38)34-22/h6-7,10-13,15,18-19,24H,4-5,8-9,14,16H2,1-3H3,(H,31,39)(H,32,37)(H,33,36)(H2,34,35,38)/t18?,19?,24-/m0/s1. The first-order valence-corrected chi connectivity index (χ1v) is 14.3. The van der Waals surface area contributed by atoms with Crippen LogP contribution in [0.15, 0.2) is 51.7 Å². The zero-order valence-electron chi connectivity index (χ0n) is 22.9. The van der Waals surface area contributed by atoms with Crippen molar-refractivity contribution in [3.8, 4) is 0 Å². The molecule has 3 amide bonds. The molecule has 3 aromatic rings. The number of aromatic nitrogens is 2. The van der Waals surface area contributed by atoms with Gasteiger partial charge in [-0.2, -0.15) is 0 Å². The lowest BCUT2D eigenvalue weighted by atomic mass is 9.81. The molecule has 214 valence electrons. The summed E-state index contributed by atoms with van der Waals surface area (Å²) < 4.78 is 6.23. The topological polar surface area (TPSA) is 145 Å². The molecule has 5 N–H and O–H groups in total. The minimum absolute atomic E-state index is 0.152. The molecule has 0 radical (unpaired) electrons. The van der Waals surface area contributed by atoms with E-state index < -0.39 is 17.7 Å². The number of hydrogen-bond acceptors (Lipinski definition) is 5. The number of halogens is 1. The van der Waals surface area contributed by atoms with Crippen LogP contribution < -0.4 is 21.6 Å². The maximum absolute atomic E-state index is 13.4. The number of fused-ring (bicyclic) bond motifs is 1. The van der Waals surface area contributed by atoms with Gasteiger partial charge in [0, 0.05) is 29.0 Å². The zero-order valence-corrected chi connectivity index (χ0v) is 24.5. The van der Waals surface area contributed by atoms with Gasteiger partial charge in [-0.15, -0.1) is 0 Å². The summed E-state index contributed by atoms with van der Waals surface area (Å²) in [5.41, 5.74) is 1.77. The number of imidazole rings is 1. The fraction of sp³-hybridized carbons (Fsp3) is 0.448. The van der Waals surface area contributed by atoms with E-state index in [4.69, 9.17) is 4.74 Å². The lowest BCUT2D eigenvalue weighted by Gasteiger charge is -2.29. The SMILES string of the molecule is CC(C)(C)OC(=O)NCC1CCC(C(=O)N[C@@H](Cc2ccc(Br)cc2)C(=O)Nc2ccc3[nH]c(=O)[nH]c3c2)CC1. The minimum atomic E-state index is -0.791. The molecule has 1 saturated carbocycles. The number of hydrogen-bond donors (Lipinski definition) is 5. The number of rotatable bonds is 8. The number of benzene rings is 2. The quantitative estimate of drug-likeness (QED) is 0.252. The molecule has 1 aliphatic rings. The molecule has 11 heteroatoms. The van der Waals surface area contributed by atoms with Crippen molar-refractivity contribution in [2.45, 2.75) is 64.5 Å². The highest BCUT2D eigenvalue weighted by atomic mass is 79.9. The molecule has 1 atom stereocenters. The van der Waals surface area contributed by atoms with Crippen molar-refractivity contribution in [2.75, 3.05) is 11.9 Å². The molecule has 1 aromatic heterocycles. The van der Waals surface area contributed by atoms with Crippen molar-refractivity contribution in [2.24, 2.45) is 11.8 Å². The summed E-state index contributed by atoms with van der Waals surface area (Å²) in [6.07, 6.45) is 2.84. The summed E-state index contributed by atoms with van der Waals surface area (Å²) in [5, 5.41) is 8.70. The van der Waals surface area contributed by atoms with Gasteiger partial charge in [0.05, 0.1) is 11.0 Å². The van der Waals surface area contributed by atoms with Crippen LogP contribution in [0.2, 0.25) is 0 Å². The smallest absolute Gasteiger partial charge is 0.407 e. The molecular weight excluding hydrogens is 578 g/mol. The van der Waals surface area contributed by atoms with Crippen molar-refractivity contribution >= 4 is 50.6 Å². The molecule has 10 nitrogen and oxygen atoms in total. The molecule has 0 saturated heterocycles. The Kier molecular flexibility index (Phi) is 9.34. The second-order valence-corrected chi connectivity index (χ2v) is 12.2. The van der Waals surface area contributed by atoms with E-state index in [1.165, 1.54) is 0 Å². The molecule has 40 heavy (non-hydrogen) atoms. The number of anilines is 1. The molecule has 0 aliphatic heterocycles.